The monoisotopic (exact) mass is 498 g/mol. The first-order valence-electron chi connectivity index (χ1n) is 13.3. The fourth-order valence-corrected chi connectivity index (χ4v) is 6.06. The van der Waals surface area contributed by atoms with Crippen LogP contribution in [0.4, 0.5) is 5.95 Å². The number of amides is 1. The molecule has 1 saturated carbocycles. The maximum Gasteiger partial charge on any atom is 0.254 e. The van der Waals surface area contributed by atoms with Crippen molar-refractivity contribution in [2.75, 3.05) is 31.3 Å². The summed E-state index contributed by atoms with van der Waals surface area (Å²) in [5.41, 5.74) is 2.40. The number of hydrogen-bond donors (Lipinski definition) is 0. The third-order valence-electron chi connectivity index (χ3n) is 8.01. The third kappa shape index (κ3) is 3.75. The number of carbonyl (C=O) groups excluding carboxylic acids is 1. The summed E-state index contributed by atoms with van der Waals surface area (Å²) in [5, 5.41) is 10.4. The Hall–Kier alpha value is -3.88. The number of benzene rings is 2. The zero-order valence-corrected chi connectivity index (χ0v) is 21.0. The second kappa shape index (κ2) is 8.90. The minimum atomic E-state index is 0.00426. The summed E-state index contributed by atoms with van der Waals surface area (Å²) in [4.78, 5) is 22.8. The standard InChI is InChI=1S/C28H30N6O3/c1-18-16-32(13-14-33(18)27(35)20-11-12-23-24(15-20)37-17-36-23)28-29-22-10-6-5-9-21(22)26-31-30-25(34(26)28)19-7-3-2-4-8-19/h5-6,9-12,15,18-19H,2-4,7-8,13-14,16-17H2,1H3. The second-order valence-electron chi connectivity index (χ2n) is 10.3. The van der Waals surface area contributed by atoms with Gasteiger partial charge < -0.3 is 19.3 Å². The van der Waals surface area contributed by atoms with E-state index in [0.29, 0.717) is 42.6 Å². The number of carbonyl (C=O) groups is 1. The summed E-state index contributed by atoms with van der Waals surface area (Å²) in [5.74, 6) is 3.62. The number of anilines is 1. The smallest absolute Gasteiger partial charge is 0.254 e. The number of para-hydroxylation sites is 1. The summed E-state index contributed by atoms with van der Waals surface area (Å²) in [6.45, 7) is 4.26. The minimum absolute atomic E-state index is 0.00426. The lowest BCUT2D eigenvalue weighted by atomic mass is 9.89. The molecular formula is C28H30N6O3. The van der Waals surface area contributed by atoms with Crippen molar-refractivity contribution in [2.45, 2.75) is 51.0 Å². The fourth-order valence-electron chi connectivity index (χ4n) is 6.06. The molecule has 0 N–H and O–H groups in total. The molecule has 9 nitrogen and oxygen atoms in total. The molecule has 0 spiro atoms. The largest absolute Gasteiger partial charge is 0.454 e. The zero-order valence-electron chi connectivity index (χ0n) is 21.0. The lowest BCUT2D eigenvalue weighted by Gasteiger charge is -2.40. The first-order valence-corrected chi connectivity index (χ1v) is 13.3. The lowest BCUT2D eigenvalue weighted by molar-refractivity contribution is 0.0672. The van der Waals surface area contributed by atoms with Gasteiger partial charge in [-0.2, -0.15) is 0 Å². The van der Waals surface area contributed by atoms with Crippen molar-refractivity contribution < 1.29 is 14.3 Å². The van der Waals surface area contributed by atoms with E-state index >= 15 is 0 Å². The van der Waals surface area contributed by atoms with E-state index in [1.807, 2.05) is 35.2 Å². The van der Waals surface area contributed by atoms with E-state index in [1.165, 1.54) is 19.3 Å². The van der Waals surface area contributed by atoms with Crippen LogP contribution in [-0.2, 0) is 0 Å². The van der Waals surface area contributed by atoms with Gasteiger partial charge in [-0.1, -0.05) is 31.4 Å². The topological polar surface area (TPSA) is 85.1 Å². The molecule has 0 radical (unpaired) electrons. The van der Waals surface area contributed by atoms with Crippen LogP contribution in [0.2, 0.25) is 0 Å². The van der Waals surface area contributed by atoms with Gasteiger partial charge in [0.25, 0.3) is 5.91 Å². The van der Waals surface area contributed by atoms with Crippen LogP contribution in [0, 0.1) is 0 Å². The molecule has 2 aromatic carbocycles. The molecule has 37 heavy (non-hydrogen) atoms. The van der Waals surface area contributed by atoms with E-state index < -0.39 is 0 Å². The number of hydrogen-bond acceptors (Lipinski definition) is 7. The van der Waals surface area contributed by atoms with E-state index in [-0.39, 0.29) is 18.7 Å². The molecule has 1 atom stereocenters. The Morgan fingerprint density at radius 2 is 1.81 bits per heavy atom. The lowest BCUT2D eigenvalue weighted by Crippen LogP contribution is -2.54. The van der Waals surface area contributed by atoms with Crippen LogP contribution in [0.3, 0.4) is 0 Å². The molecule has 1 saturated heterocycles. The highest BCUT2D eigenvalue weighted by Gasteiger charge is 2.32. The van der Waals surface area contributed by atoms with Gasteiger partial charge in [0.05, 0.1) is 5.52 Å². The van der Waals surface area contributed by atoms with Gasteiger partial charge in [0, 0.05) is 42.5 Å². The first-order chi connectivity index (χ1) is 18.2. The number of fused-ring (bicyclic) bond motifs is 4. The van der Waals surface area contributed by atoms with Crippen molar-refractivity contribution in [1.29, 1.82) is 0 Å². The number of rotatable bonds is 3. The predicted molar refractivity (Wildman–Crippen MR) is 139 cm³/mol. The van der Waals surface area contributed by atoms with Crippen LogP contribution in [0.25, 0.3) is 16.6 Å². The highest BCUT2D eigenvalue weighted by Crippen LogP contribution is 2.36. The second-order valence-corrected chi connectivity index (χ2v) is 10.3. The van der Waals surface area contributed by atoms with Gasteiger partial charge >= 0.3 is 0 Å². The van der Waals surface area contributed by atoms with Gasteiger partial charge in [0.2, 0.25) is 12.7 Å². The summed E-state index contributed by atoms with van der Waals surface area (Å²) < 4.78 is 13.1. The molecular weight excluding hydrogens is 468 g/mol. The van der Waals surface area contributed by atoms with E-state index in [9.17, 15) is 4.79 Å². The van der Waals surface area contributed by atoms with Gasteiger partial charge in [-0.05, 0) is 50.1 Å². The quantitative estimate of drug-likeness (QED) is 0.414. The molecule has 4 heterocycles. The average molecular weight is 499 g/mol. The first kappa shape index (κ1) is 22.3. The third-order valence-corrected chi connectivity index (χ3v) is 8.01. The molecule has 2 aliphatic heterocycles. The zero-order chi connectivity index (χ0) is 24.9. The normalized spacial score (nSPS) is 20.2. The van der Waals surface area contributed by atoms with Crippen LogP contribution in [0.1, 0.15) is 61.1 Å². The van der Waals surface area contributed by atoms with Crippen molar-refractivity contribution in [3.05, 3.63) is 53.9 Å². The van der Waals surface area contributed by atoms with Crippen LogP contribution >= 0.6 is 0 Å². The molecule has 2 aromatic heterocycles. The molecule has 2 fully saturated rings. The van der Waals surface area contributed by atoms with Gasteiger partial charge in [0.1, 0.15) is 5.82 Å². The van der Waals surface area contributed by atoms with E-state index in [2.05, 4.69) is 27.4 Å². The van der Waals surface area contributed by atoms with Crippen LogP contribution in [-0.4, -0.2) is 62.9 Å². The predicted octanol–water partition coefficient (Wildman–Crippen LogP) is 4.40. The molecule has 9 heteroatoms. The maximum absolute atomic E-state index is 13.4. The van der Waals surface area contributed by atoms with Crippen molar-refractivity contribution >= 4 is 28.4 Å². The summed E-state index contributed by atoms with van der Waals surface area (Å²) >= 11 is 0. The highest BCUT2D eigenvalue weighted by molar-refractivity contribution is 5.95. The molecule has 4 aromatic rings. The number of nitrogens with zero attached hydrogens (tertiary/aromatic N) is 6. The minimum Gasteiger partial charge on any atom is -0.454 e. The van der Waals surface area contributed by atoms with Gasteiger partial charge in [0.15, 0.2) is 17.1 Å². The highest BCUT2D eigenvalue weighted by atomic mass is 16.7. The van der Waals surface area contributed by atoms with Crippen molar-refractivity contribution in [1.82, 2.24) is 24.5 Å². The van der Waals surface area contributed by atoms with Gasteiger partial charge in [-0.3, -0.25) is 4.79 Å². The molecule has 1 aliphatic carbocycles. The number of piperazine rings is 1. The molecule has 3 aliphatic rings. The Morgan fingerprint density at radius 1 is 0.973 bits per heavy atom. The number of ether oxygens (including phenoxy) is 2. The Balaban J connectivity index is 1.22. The van der Waals surface area contributed by atoms with E-state index in [4.69, 9.17) is 19.6 Å². The van der Waals surface area contributed by atoms with Crippen molar-refractivity contribution in [3.63, 3.8) is 0 Å². The molecule has 1 amide bonds. The van der Waals surface area contributed by atoms with E-state index in [1.54, 1.807) is 6.07 Å². The Kier molecular flexibility index (Phi) is 5.37. The van der Waals surface area contributed by atoms with Crippen molar-refractivity contribution in [3.8, 4) is 11.5 Å². The van der Waals surface area contributed by atoms with Crippen LogP contribution in [0.15, 0.2) is 42.5 Å². The summed E-state index contributed by atoms with van der Waals surface area (Å²) in [7, 11) is 0. The Bertz CT molecular complexity index is 1490. The summed E-state index contributed by atoms with van der Waals surface area (Å²) in [6, 6.07) is 13.6. The molecule has 190 valence electrons. The number of aromatic nitrogens is 4. The summed E-state index contributed by atoms with van der Waals surface area (Å²) in [6.07, 6.45) is 6.03. The van der Waals surface area contributed by atoms with E-state index in [0.717, 1.165) is 41.2 Å². The fraction of sp³-hybridized carbons (Fsp3) is 0.429. The Morgan fingerprint density at radius 3 is 2.68 bits per heavy atom. The maximum atomic E-state index is 13.4. The average Bonchev–Trinajstić information content (AvgIpc) is 3.60. The van der Waals surface area contributed by atoms with Gasteiger partial charge in [-0.15, -0.1) is 10.2 Å². The van der Waals surface area contributed by atoms with Crippen LogP contribution < -0.4 is 14.4 Å². The Labute approximate surface area is 215 Å². The molecule has 1 unspecified atom stereocenters. The molecule has 0 bridgehead atoms. The SMILES string of the molecule is CC1CN(c2nc3ccccc3c3nnc(C4CCCCC4)n23)CCN1C(=O)c1ccc2c(c1)OCO2. The molecule has 7 rings (SSSR count). The van der Waals surface area contributed by atoms with Crippen molar-refractivity contribution in [2.24, 2.45) is 0 Å². The van der Waals surface area contributed by atoms with Crippen LogP contribution in [0.5, 0.6) is 11.5 Å². The van der Waals surface area contributed by atoms with Gasteiger partial charge in [-0.25, -0.2) is 9.38 Å².